The zero-order valence-electron chi connectivity index (χ0n) is 11.5. The second kappa shape index (κ2) is 8.82. The smallest absolute Gasteiger partial charge is 0.237 e. The van der Waals surface area contributed by atoms with Crippen LogP contribution in [-0.2, 0) is 4.79 Å². The van der Waals surface area contributed by atoms with Crippen molar-refractivity contribution in [1.82, 2.24) is 5.32 Å². The number of benzene rings is 1. The standard InChI is InChI=1S/C14H22N2O2S/c1-11-3-5-12(6-4-11)18-9-8-16-14(17)13(15)7-10-19-2/h3-6,13H,7-10,15H2,1-2H3,(H,16,17)/t13-/m0/s1. The summed E-state index contributed by atoms with van der Waals surface area (Å²) in [6.45, 7) is 2.95. The maximum absolute atomic E-state index is 11.6. The third-order valence-corrected chi connectivity index (χ3v) is 3.30. The van der Waals surface area contributed by atoms with Crippen LogP contribution in [0, 0.1) is 6.92 Å². The minimum absolute atomic E-state index is 0.110. The van der Waals surface area contributed by atoms with Gasteiger partial charge in [-0.15, -0.1) is 0 Å². The highest BCUT2D eigenvalue weighted by molar-refractivity contribution is 7.98. The van der Waals surface area contributed by atoms with E-state index in [9.17, 15) is 4.79 Å². The van der Waals surface area contributed by atoms with E-state index in [0.29, 0.717) is 19.6 Å². The molecule has 0 aromatic heterocycles. The molecule has 106 valence electrons. The van der Waals surface area contributed by atoms with Gasteiger partial charge in [-0.2, -0.15) is 11.8 Å². The van der Waals surface area contributed by atoms with Crippen LogP contribution in [0.3, 0.4) is 0 Å². The lowest BCUT2D eigenvalue weighted by molar-refractivity contribution is -0.122. The van der Waals surface area contributed by atoms with E-state index >= 15 is 0 Å². The van der Waals surface area contributed by atoms with Gasteiger partial charge >= 0.3 is 0 Å². The molecule has 0 fully saturated rings. The van der Waals surface area contributed by atoms with E-state index in [1.807, 2.05) is 37.4 Å². The molecule has 0 bridgehead atoms. The fourth-order valence-corrected chi connectivity index (χ4v) is 1.97. The first-order valence-corrected chi connectivity index (χ1v) is 7.74. The molecule has 1 aromatic rings. The molecule has 1 rings (SSSR count). The Morgan fingerprint density at radius 1 is 1.42 bits per heavy atom. The number of amides is 1. The SMILES string of the molecule is CSCC[C@H](N)C(=O)NCCOc1ccc(C)cc1. The van der Waals surface area contributed by atoms with E-state index in [2.05, 4.69) is 5.32 Å². The van der Waals surface area contributed by atoms with Crippen molar-refractivity contribution in [2.75, 3.05) is 25.2 Å². The molecule has 0 aliphatic heterocycles. The Morgan fingerprint density at radius 2 is 2.11 bits per heavy atom. The number of ether oxygens (including phenoxy) is 1. The second-order valence-corrected chi connectivity index (χ2v) is 5.33. The normalized spacial score (nSPS) is 11.9. The summed E-state index contributed by atoms with van der Waals surface area (Å²) in [7, 11) is 0. The molecule has 0 aliphatic rings. The van der Waals surface area contributed by atoms with Crippen LogP contribution >= 0.6 is 11.8 Å². The average molecular weight is 282 g/mol. The molecular weight excluding hydrogens is 260 g/mol. The highest BCUT2D eigenvalue weighted by Gasteiger charge is 2.11. The summed E-state index contributed by atoms with van der Waals surface area (Å²) in [6.07, 6.45) is 2.70. The zero-order chi connectivity index (χ0) is 14.1. The third kappa shape index (κ3) is 6.50. The minimum Gasteiger partial charge on any atom is -0.492 e. The summed E-state index contributed by atoms with van der Waals surface area (Å²) in [5, 5.41) is 2.77. The Morgan fingerprint density at radius 3 is 2.74 bits per heavy atom. The molecule has 0 aliphatic carbocycles. The van der Waals surface area contributed by atoms with Crippen molar-refractivity contribution in [2.45, 2.75) is 19.4 Å². The number of carbonyl (C=O) groups is 1. The Kier molecular flexibility index (Phi) is 7.36. The number of hydrogen-bond donors (Lipinski definition) is 2. The van der Waals surface area contributed by atoms with Crippen LogP contribution in [0.15, 0.2) is 24.3 Å². The molecule has 0 saturated heterocycles. The van der Waals surface area contributed by atoms with E-state index in [1.165, 1.54) is 5.56 Å². The Hall–Kier alpha value is -1.20. The molecule has 0 radical (unpaired) electrons. The van der Waals surface area contributed by atoms with Gasteiger partial charge in [-0.25, -0.2) is 0 Å². The fraction of sp³-hybridized carbons (Fsp3) is 0.500. The van der Waals surface area contributed by atoms with E-state index in [4.69, 9.17) is 10.5 Å². The predicted molar refractivity (Wildman–Crippen MR) is 80.7 cm³/mol. The predicted octanol–water partition coefficient (Wildman–Crippen LogP) is 1.57. The Bertz CT molecular complexity index is 382. The molecule has 1 aromatic carbocycles. The number of carbonyl (C=O) groups excluding carboxylic acids is 1. The molecule has 0 spiro atoms. The van der Waals surface area contributed by atoms with Crippen LogP contribution in [0.5, 0.6) is 5.75 Å². The number of rotatable bonds is 8. The molecule has 1 atom stereocenters. The number of aryl methyl sites for hydroxylation is 1. The van der Waals surface area contributed by atoms with Crippen LogP contribution in [0.4, 0.5) is 0 Å². The lowest BCUT2D eigenvalue weighted by atomic mass is 10.2. The van der Waals surface area contributed by atoms with E-state index < -0.39 is 6.04 Å². The highest BCUT2D eigenvalue weighted by Crippen LogP contribution is 2.10. The van der Waals surface area contributed by atoms with Gasteiger partial charge in [0.2, 0.25) is 5.91 Å². The van der Waals surface area contributed by atoms with E-state index in [1.54, 1.807) is 11.8 Å². The number of hydrogen-bond acceptors (Lipinski definition) is 4. The van der Waals surface area contributed by atoms with Crippen molar-refractivity contribution in [3.63, 3.8) is 0 Å². The van der Waals surface area contributed by atoms with Crippen LogP contribution in [0.1, 0.15) is 12.0 Å². The first kappa shape index (κ1) is 15.9. The lowest BCUT2D eigenvalue weighted by Gasteiger charge is -2.12. The number of thioether (sulfide) groups is 1. The highest BCUT2D eigenvalue weighted by atomic mass is 32.2. The van der Waals surface area contributed by atoms with E-state index in [-0.39, 0.29) is 5.91 Å². The van der Waals surface area contributed by atoms with Gasteiger partial charge < -0.3 is 15.8 Å². The van der Waals surface area contributed by atoms with Crippen molar-refractivity contribution in [3.05, 3.63) is 29.8 Å². The molecule has 0 unspecified atom stereocenters. The van der Waals surface area contributed by atoms with Crippen LogP contribution < -0.4 is 15.8 Å². The summed E-state index contributed by atoms with van der Waals surface area (Å²) < 4.78 is 5.51. The maximum atomic E-state index is 11.6. The van der Waals surface area contributed by atoms with Crippen molar-refractivity contribution < 1.29 is 9.53 Å². The minimum atomic E-state index is -0.424. The molecular formula is C14H22N2O2S. The summed E-state index contributed by atoms with van der Waals surface area (Å²) >= 11 is 1.69. The fourth-order valence-electron chi connectivity index (χ4n) is 1.48. The summed E-state index contributed by atoms with van der Waals surface area (Å²) in [5.41, 5.74) is 6.94. The molecule has 19 heavy (non-hydrogen) atoms. The quantitative estimate of drug-likeness (QED) is 0.710. The monoisotopic (exact) mass is 282 g/mol. The molecule has 0 saturated carbocycles. The van der Waals surface area contributed by atoms with E-state index in [0.717, 1.165) is 11.5 Å². The maximum Gasteiger partial charge on any atom is 0.237 e. The zero-order valence-corrected chi connectivity index (χ0v) is 12.3. The van der Waals surface area contributed by atoms with Crippen molar-refractivity contribution in [2.24, 2.45) is 5.73 Å². The molecule has 4 nitrogen and oxygen atoms in total. The van der Waals surface area contributed by atoms with Gasteiger partial charge in [-0.3, -0.25) is 4.79 Å². The molecule has 3 N–H and O–H groups in total. The summed E-state index contributed by atoms with van der Waals surface area (Å²) in [6, 6.07) is 7.40. The largest absolute Gasteiger partial charge is 0.492 e. The van der Waals surface area contributed by atoms with Gasteiger partial charge in [0.1, 0.15) is 12.4 Å². The Balaban J connectivity index is 2.16. The second-order valence-electron chi connectivity index (χ2n) is 4.34. The summed E-state index contributed by atoms with van der Waals surface area (Å²) in [4.78, 5) is 11.6. The van der Waals surface area contributed by atoms with Crippen LogP contribution in [0.2, 0.25) is 0 Å². The first-order valence-electron chi connectivity index (χ1n) is 6.35. The van der Waals surface area contributed by atoms with Gasteiger partial charge in [0.25, 0.3) is 0 Å². The van der Waals surface area contributed by atoms with Gasteiger partial charge in [-0.1, -0.05) is 17.7 Å². The number of nitrogens with one attached hydrogen (secondary N) is 1. The van der Waals surface area contributed by atoms with Crippen molar-refractivity contribution >= 4 is 17.7 Å². The molecule has 1 amide bonds. The summed E-state index contributed by atoms with van der Waals surface area (Å²) in [5.74, 6) is 1.60. The topological polar surface area (TPSA) is 64.4 Å². The average Bonchev–Trinajstić information content (AvgIpc) is 2.42. The number of nitrogens with two attached hydrogens (primary N) is 1. The Labute approximate surface area is 119 Å². The third-order valence-electron chi connectivity index (χ3n) is 2.66. The van der Waals surface area contributed by atoms with Crippen molar-refractivity contribution in [3.8, 4) is 5.75 Å². The first-order chi connectivity index (χ1) is 9.13. The van der Waals surface area contributed by atoms with Crippen LogP contribution in [0.25, 0.3) is 0 Å². The van der Waals surface area contributed by atoms with Gasteiger partial charge in [-0.05, 0) is 37.5 Å². The van der Waals surface area contributed by atoms with Crippen molar-refractivity contribution in [1.29, 1.82) is 0 Å². The van der Waals surface area contributed by atoms with Gasteiger partial charge in [0, 0.05) is 0 Å². The van der Waals surface area contributed by atoms with Gasteiger partial charge in [0.15, 0.2) is 0 Å². The molecule has 5 heteroatoms. The lowest BCUT2D eigenvalue weighted by Crippen LogP contribution is -2.42. The molecule has 0 heterocycles. The van der Waals surface area contributed by atoms with Gasteiger partial charge in [0.05, 0.1) is 12.6 Å². The van der Waals surface area contributed by atoms with Crippen LogP contribution in [-0.4, -0.2) is 37.1 Å².